The minimum absolute atomic E-state index is 0.0104. The average molecular weight is 173 g/mol. The van der Waals surface area contributed by atoms with E-state index in [4.69, 9.17) is 0 Å². The molecule has 0 saturated heterocycles. The maximum absolute atomic E-state index is 11.2. The van der Waals surface area contributed by atoms with Gasteiger partial charge >= 0.3 is 0 Å². The van der Waals surface area contributed by atoms with E-state index in [1.165, 1.54) is 0 Å². The minimum atomic E-state index is -0.148. The highest BCUT2D eigenvalue weighted by Gasteiger charge is 2.12. The number of rotatable bonds is 3. The molecule has 0 fully saturated rings. The molecule has 0 saturated carbocycles. The summed E-state index contributed by atoms with van der Waals surface area (Å²) >= 11 is 0. The van der Waals surface area contributed by atoms with Gasteiger partial charge < -0.3 is 5.32 Å². The van der Waals surface area contributed by atoms with Crippen LogP contribution < -0.4 is 10.7 Å². The molecule has 0 spiro atoms. The molecule has 0 radical (unpaired) electrons. The average Bonchev–Trinajstić information content (AvgIpc) is 1.79. The molecule has 0 aliphatic carbocycles. The van der Waals surface area contributed by atoms with Gasteiger partial charge in [-0.1, -0.05) is 0 Å². The number of amides is 1. The van der Waals surface area contributed by atoms with Crippen LogP contribution in [-0.4, -0.2) is 37.1 Å². The van der Waals surface area contributed by atoms with Gasteiger partial charge in [0.15, 0.2) is 0 Å². The van der Waals surface area contributed by atoms with Gasteiger partial charge in [0.05, 0.1) is 6.54 Å². The Kier molecular flexibility index (Phi) is 4.20. The zero-order chi connectivity index (χ0) is 9.78. The number of carbonyl (C=O) groups excluding carboxylic acids is 1. The van der Waals surface area contributed by atoms with Gasteiger partial charge in [-0.3, -0.25) is 9.80 Å². The van der Waals surface area contributed by atoms with Gasteiger partial charge in [0.1, 0.15) is 0 Å². The van der Waals surface area contributed by atoms with E-state index in [1.807, 2.05) is 34.9 Å². The fraction of sp³-hybridized carbons (Fsp3) is 0.875. The lowest BCUT2D eigenvalue weighted by Gasteiger charge is -2.21. The third kappa shape index (κ3) is 7.50. The Morgan fingerprint density at radius 3 is 2.17 bits per heavy atom. The summed E-state index contributed by atoms with van der Waals surface area (Å²) in [6, 6.07) is 0. The van der Waals surface area contributed by atoms with Gasteiger partial charge in [-0.05, 0) is 20.8 Å². The Balaban J connectivity index is 3.61. The van der Waals surface area contributed by atoms with Gasteiger partial charge in [-0.25, -0.2) is 5.43 Å². The van der Waals surface area contributed by atoms with Crippen molar-refractivity contribution in [1.29, 1.82) is 0 Å². The molecule has 0 aliphatic heterocycles. The second-order valence-corrected chi connectivity index (χ2v) is 4.03. The summed E-state index contributed by atoms with van der Waals surface area (Å²) in [5.41, 5.74) is 2.74. The third-order valence-corrected chi connectivity index (χ3v) is 1.07. The first-order valence-corrected chi connectivity index (χ1v) is 4.03. The molecule has 12 heavy (non-hydrogen) atoms. The molecular weight excluding hydrogens is 154 g/mol. The van der Waals surface area contributed by atoms with Crippen LogP contribution in [0.3, 0.4) is 0 Å². The Bertz CT molecular complexity index is 149. The molecule has 0 heterocycles. The summed E-state index contributed by atoms with van der Waals surface area (Å²) in [6.45, 7) is 6.20. The topological polar surface area (TPSA) is 44.4 Å². The van der Waals surface area contributed by atoms with Crippen molar-refractivity contribution in [1.82, 2.24) is 15.8 Å². The predicted molar refractivity (Wildman–Crippen MR) is 49.6 cm³/mol. The zero-order valence-electron chi connectivity index (χ0n) is 8.56. The quantitative estimate of drug-likeness (QED) is 0.589. The third-order valence-electron chi connectivity index (χ3n) is 1.07. The maximum atomic E-state index is 11.2. The van der Waals surface area contributed by atoms with Crippen molar-refractivity contribution in [2.45, 2.75) is 26.3 Å². The van der Waals surface area contributed by atoms with E-state index in [-0.39, 0.29) is 11.4 Å². The van der Waals surface area contributed by atoms with Crippen LogP contribution in [-0.2, 0) is 4.79 Å². The number of hydrogen-bond donors (Lipinski definition) is 2. The van der Waals surface area contributed by atoms with Crippen LogP contribution in [0, 0.1) is 0 Å². The lowest BCUT2D eigenvalue weighted by atomic mass is 10.1. The normalized spacial score (nSPS) is 11.8. The van der Waals surface area contributed by atoms with Crippen molar-refractivity contribution in [3.63, 3.8) is 0 Å². The Hall–Kier alpha value is -0.610. The van der Waals surface area contributed by atoms with E-state index >= 15 is 0 Å². The number of nitrogens with zero attached hydrogens (tertiary/aromatic N) is 1. The Morgan fingerprint density at radius 1 is 1.33 bits per heavy atom. The van der Waals surface area contributed by atoms with Crippen molar-refractivity contribution >= 4 is 5.91 Å². The van der Waals surface area contributed by atoms with Crippen LogP contribution in [0.1, 0.15) is 20.8 Å². The number of hydrazine groups is 1. The fourth-order valence-electron chi connectivity index (χ4n) is 0.692. The van der Waals surface area contributed by atoms with Crippen molar-refractivity contribution in [3.8, 4) is 0 Å². The van der Waals surface area contributed by atoms with Gasteiger partial charge in [0.25, 0.3) is 0 Å². The molecule has 1 amide bonds. The first kappa shape index (κ1) is 11.4. The summed E-state index contributed by atoms with van der Waals surface area (Å²) in [4.78, 5) is 11.2. The SMILES string of the molecule is CN(C)NCC(=O)NC(C)(C)C. The largest absolute Gasteiger partial charge is 0.350 e. The summed E-state index contributed by atoms with van der Waals surface area (Å²) in [7, 11) is 3.70. The lowest BCUT2D eigenvalue weighted by molar-refractivity contribution is -0.122. The summed E-state index contributed by atoms with van der Waals surface area (Å²) in [6.07, 6.45) is 0. The molecule has 0 aromatic heterocycles. The smallest absolute Gasteiger partial charge is 0.235 e. The van der Waals surface area contributed by atoms with E-state index in [0.29, 0.717) is 6.54 Å². The molecular formula is C8H19N3O. The van der Waals surface area contributed by atoms with Crippen molar-refractivity contribution in [3.05, 3.63) is 0 Å². The van der Waals surface area contributed by atoms with E-state index < -0.39 is 0 Å². The zero-order valence-corrected chi connectivity index (χ0v) is 8.56. The maximum Gasteiger partial charge on any atom is 0.235 e. The molecule has 0 aliphatic rings. The van der Waals surface area contributed by atoms with E-state index in [1.54, 1.807) is 5.01 Å². The van der Waals surface area contributed by atoms with Gasteiger partial charge in [-0.2, -0.15) is 0 Å². The molecule has 0 atom stereocenters. The molecule has 2 N–H and O–H groups in total. The molecule has 0 rings (SSSR count). The number of carbonyl (C=O) groups is 1. The van der Waals surface area contributed by atoms with Gasteiger partial charge in [-0.15, -0.1) is 0 Å². The van der Waals surface area contributed by atoms with Crippen LogP contribution in [0.15, 0.2) is 0 Å². The Morgan fingerprint density at radius 2 is 1.83 bits per heavy atom. The first-order chi connectivity index (χ1) is 5.31. The van der Waals surface area contributed by atoms with Crippen LogP contribution in [0.5, 0.6) is 0 Å². The number of hydrogen-bond acceptors (Lipinski definition) is 3. The molecule has 4 heteroatoms. The van der Waals surface area contributed by atoms with Crippen molar-refractivity contribution in [2.24, 2.45) is 0 Å². The predicted octanol–water partition coefficient (Wildman–Crippen LogP) is -0.0327. The number of nitrogens with one attached hydrogen (secondary N) is 2. The molecule has 0 aromatic rings. The molecule has 0 bridgehead atoms. The van der Waals surface area contributed by atoms with Crippen molar-refractivity contribution in [2.75, 3.05) is 20.6 Å². The standard InChI is InChI=1S/C8H19N3O/c1-8(2,3)10-7(12)6-9-11(4)5/h9H,6H2,1-5H3,(H,10,12). The van der Waals surface area contributed by atoms with E-state index in [9.17, 15) is 4.79 Å². The van der Waals surface area contributed by atoms with Crippen molar-refractivity contribution < 1.29 is 4.79 Å². The van der Waals surface area contributed by atoms with Crippen LogP contribution in [0.2, 0.25) is 0 Å². The van der Waals surface area contributed by atoms with Crippen LogP contribution in [0.25, 0.3) is 0 Å². The fourth-order valence-corrected chi connectivity index (χ4v) is 0.692. The molecule has 0 unspecified atom stereocenters. The summed E-state index contributed by atoms with van der Waals surface area (Å²) < 4.78 is 0. The molecule has 0 aromatic carbocycles. The first-order valence-electron chi connectivity index (χ1n) is 4.03. The summed E-state index contributed by atoms with van der Waals surface area (Å²) in [5, 5.41) is 4.60. The minimum Gasteiger partial charge on any atom is -0.350 e. The molecule has 4 nitrogen and oxygen atoms in total. The monoisotopic (exact) mass is 173 g/mol. The highest BCUT2D eigenvalue weighted by Crippen LogP contribution is 1.96. The second kappa shape index (κ2) is 4.42. The van der Waals surface area contributed by atoms with E-state index in [2.05, 4.69) is 10.7 Å². The Labute approximate surface area is 74.3 Å². The van der Waals surface area contributed by atoms with Gasteiger partial charge in [0.2, 0.25) is 5.91 Å². The van der Waals surface area contributed by atoms with Gasteiger partial charge in [0, 0.05) is 19.6 Å². The lowest BCUT2D eigenvalue weighted by Crippen LogP contribution is -2.47. The van der Waals surface area contributed by atoms with E-state index in [0.717, 1.165) is 0 Å². The van der Waals surface area contributed by atoms with Crippen LogP contribution >= 0.6 is 0 Å². The highest BCUT2D eigenvalue weighted by molar-refractivity contribution is 5.78. The second-order valence-electron chi connectivity index (χ2n) is 4.03. The molecule has 72 valence electrons. The highest BCUT2D eigenvalue weighted by atomic mass is 16.2. The summed E-state index contributed by atoms with van der Waals surface area (Å²) in [5.74, 6) is 0.0104. The van der Waals surface area contributed by atoms with Crippen LogP contribution in [0.4, 0.5) is 0 Å².